The highest BCUT2D eigenvalue weighted by Gasteiger charge is 2.07. The van der Waals surface area contributed by atoms with Crippen molar-refractivity contribution in [2.45, 2.75) is 27.2 Å². The molecular formula is C11H18BrNOS. The summed E-state index contributed by atoms with van der Waals surface area (Å²) in [5.74, 6) is 0.226. The van der Waals surface area contributed by atoms with Crippen molar-refractivity contribution in [3.8, 4) is 0 Å². The standard InChI is InChI=1S/C10H14BrNOS.CH4/c1-2-6-12-7-5-8(13)9-3-4-10(11)14-9;/h3-4,12H,2,5-7H2,1H3;1H4. The molecule has 0 unspecified atom stereocenters. The van der Waals surface area contributed by atoms with Crippen LogP contribution in [0.4, 0.5) is 0 Å². The lowest BCUT2D eigenvalue weighted by atomic mass is 10.2. The summed E-state index contributed by atoms with van der Waals surface area (Å²) in [7, 11) is 0. The number of rotatable bonds is 6. The van der Waals surface area contributed by atoms with Gasteiger partial charge in [0.05, 0.1) is 8.66 Å². The van der Waals surface area contributed by atoms with Gasteiger partial charge in [-0.15, -0.1) is 11.3 Å². The van der Waals surface area contributed by atoms with Gasteiger partial charge in [-0.1, -0.05) is 14.4 Å². The van der Waals surface area contributed by atoms with Crippen molar-refractivity contribution < 1.29 is 4.79 Å². The Morgan fingerprint density at radius 1 is 1.47 bits per heavy atom. The first-order valence-corrected chi connectivity index (χ1v) is 6.34. The van der Waals surface area contributed by atoms with Gasteiger partial charge in [0.25, 0.3) is 0 Å². The van der Waals surface area contributed by atoms with E-state index in [1.165, 1.54) is 11.3 Å². The average molecular weight is 292 g/mol. The first-order valence-electron chi connectivity index (χ1n) is 4.73. The number of Topliss-reactive ketones (excluding diaryl/α,β-unsaturated/α-hetero) is 1. The van der Waals surface area contributed by atoms with Crippen LogP contribution < -0.4 is 5.32 Å². The van der Waals surface area contributed by atoms with E-state index in [1.54, 1.807) is 0 Å². The van der Waals surface area contributed by atoms with Crippen LogP contribution in [-0.4, -0.2) is 18.9 Å². The van der Waals surface area contributed by atoms with Crippen LogP contribution in [-0.2, 0) is 0 Å². The Kier molecular flexibility index (Phi) is 7.92. The summed E-state index contributed by atoms with van der Waals surface area (Å²) in [4.78, 5) is 12.4. The van der Waals surface area contributed by atoms with E-state index in [0.717, 1.165) is 28.2 Å². The van der Waals surface area contributed by atoms with Crippen LogP contribution in [0.25, 0.3) is 0 Å². The van der Waals surface area contributed by atoms with Crippen LogP contribution in [0.1, 0.15) is 36.9 Å². The summed E-state index contributed by atoms with van der Waals surface area (Å²) in [5, 5.41) is 3.21. The van der Waals surface area contributed by atoms with E-state index in [1.807, 2.05) is 12.1 Å². The molecule has 0 atom stereocenters. The fourth-order valence-corrected chi connectivity index (χ4v) is 2.44. The molecule has 0 radical (unpaired) electrons. The van der Waals surface area contributed by atoms with Crippen LogP contribution >= 0.6 is 27.3 Å². The summed E-state index contributed by atoms with van der Waals surface area (Å²) >= 11 is 4.84. The fourth-order valence-electron chi connectivity index (χ4n) is 1.09. The van der Waals surface area contributed by atoms with Gasteiger partial charge in [-0.3, -0.25) is 4.79 Å². The first-order chi connectivity index (χ1) is 6.74. The maximum absolute atomic E-state index is 11.6. The minimum Gasteiger partial charge on any atom is -0.316 e. The van der Waals surface area contributed by atoms with E-state index in [0.29, 0.717) is 6.42 Å². The zero-order valence-corrected chi connectivity index (χ0v) is 10.6. The lowest BCUT2D eigenvalue weighted by Crippen LogP contribution is -2.18. The first kappa shape index (κ1) is 14.8. The molecule has 0 amide bonds. The number of hydrogen-bond acceptors (Lipinski definition) is 3. The molecule has 86 valence electrons. The molecule has 1 aromatic heterocycles. The number of carbonyl (C=O) groups excluding carboxylic acids is 1. The quantitative estimate of drug-likeness (QED) is 0.639. The smallest absolute Gasteiger partial charge is 0.174 e. The second-order valence-corrected chi connectivity index (χ2v) is 5.49. The molecule has 1 heterocycles. The summed E-state index contributed by atoms with van der Waals surface area (Å²) in [6, 6.07) is 3.79. The summed E-state index contributed by atoms with van der Waals surface area (Å²) in [6.45, 7) is 3.88. The Hall–Kier alpha value is -0.190. The average Bonchev–Trinajstić information content (AvgIpc) is 2.59. The van der Waals surface area contributed by atoms with Gasteiger partial charge in [0.2, 0.25) is 0 Å². The Balaban J connectivity index is 0.00000196. The van der Waals surface area contributed by atoms with Crippen LogP contribution in [0.5, 0.6) is 0 Å². The number of thiophene rings is 1. The molecule has 1 aromatic rings. The van der Waals surface area contributed by atoms with E-state index in [9.17, 15) is 4.79 Å². The fraction of sp³-hybridized carbons (Fsp3) is 0.545. The molecule has 0 aliphatic rings. The molecule has 0 saturated heterocycles. The van der Waals surface area contributed by atoms with Gasteiger partial charge in [-0.2, -0.15) is 0 Å². The second kappa shape index (κ2) is 8.02. The van der Waals surface area contributed by atoms with E-state index in [-0.39, 0.29) is 13.2 Å². The van der Waals surface area contributed by atoms with Gasteiger partial charge >= 0.3 is 0 Å². The van der Waals surface area contributed by atoms with E-state index in [4.69, 9.17) is 0 Å². The predicted molar refractivity (Wildman–Crippen MR) is 70.9 cm³/mol. The van der Waals surface area contributed by atoms with Gasteiger partial charge in [0.15, 0.2) is 5.78 Å². The summed E-state index contributed by atoms with van der Waals surface area (Å²) < 4.78 is 1.02. The van der Waals surface area contributed by atoms with Crippen molar-refractivity contribution in [3.05, 3.63) is 20.8 Å². The minimum atomic E-state index is 0. The Morgan fingerprint density at radius 2 is 2.20 bits per heavy atom. The Labute approximate surface area is 104 Å². The third-order valence-corrected chi connectivity index (χ3v) is 3.47. The summed E-state index contributed by atoms with van der Waals surface area (Å²) in [6.07, 6.45) is 1.70. The molecule has 0 aliphatic carbocycles. The highest BCUT2D eigenvalue weighted by Crippen LogP contribution is 2.22. The second-order valence-electron chi connectivity index (χ2n) is 3.03. The monoisotopic (exact) mass is 291 g/mol. The molecule has 0 bridgehead atoms. The van der Waals surface area contributed by atoms with Gasteiger partial charge in [-0.05, 0) is 41.0 Å². The molecule has 1 rings (SSSR count). The zero-order valence-electron chi connectivity index (χ0n) is 8.18. The lowest BCUT2D eigenvalue weighted by Gasteiger charge is -2.00. The SMILES string of the molecule is C.CCCNCCC(=O)c1ccc(Br)s1. The molecule has 2 nitrogen and oxygen atoms in total. The number of hydrogen-bond donors (Lipinski definition) is 1. The third-order valence-electron chi connectivity index (χ3n) is 1.80. The van der Waals surface area contributed by atoms with Crippen molar-refractivity contribution in [1.82, 2.24) is 5.32 Å². The largest absolute Gasteiger partial charge is 0.316 e. The molecule has 0 aliphatic heterocycles. The van der Waals surface area contributed by atoms with Crippen molar-refractivity contribution in [2.75, 3.05) is 13.1 Å². The molecule has 0 saturated carbocycles. The van der Waals surface area contributed by atoms with Crippen molar-refractivity contribution in [3.63, 3.8) is 0 Å². The maximum atomic E-state index is 11.6. The molecular weight excluding hydrogens is 274 g/mol. The number of nitrogens with one attached hydrogen (secondary N) is 1. The minimum absolute atomic E-state index is 0. The highest BCUT2D eigenvalue weighted by atomic mass is 79.9. The molecule has 0 fully saturated rings. The molecule has 0 spiro atoms. The van der Waals surface area contributed by atoms with E-state index >= 15 is 0 Å². The number of ketones is 1. The number of halogens is 1. The van der Waals surface area contributed by atoms with Crippen LogP contribution in [0.3, 0.4) is 0 Å². The Bertz CT molecular complexity index is 299. The summed E-state index contributed by atoms with van der Waals surface area (Å²) in [5.41, 5.74) is 0. The predicted octanol–water partition coefficient (Wildman–Crippen LogP) is 3.72. The van der Waals surface area contributed by atoms with Gasteiger partial charge in [-0.25, -0.2) is 0 Å². The van der Waals surface area contributed by atoms with Gasteiger partial charge in [0, 0.05) is 13.0 Å². The van der Waals surface area contributed by atoms with Crippen LogP contribution in [0.2, 0.25) is 0 Å². The molecule has 0 aromatic carbocycles. The van der Waals surface area contributed by atoms with Gasteiger partial charge < -0.3 is 5.32 Å². The van der Waals surface area contributed by atoms with Crippen molar-refractivity contribution in [1.29, 1.82) is 0 Å². The van der Waals surface area contributed by atoms with Crippen molar-refractivity contribution in [2.24, 2.45) is 0 Å². The highest BCUT2D eigenvalue weighted by molar-refractivity contribution is 9.11. The van der Waals surface area contributed by atoms with E-state index < -0.39 is 0 Å². The molecule has 1 N–H and O–H groups in total. The van der Waals surface area contributed by atoms with Crippen LogP contribution in [0.15, 0.2) is 15.9 Å². The lowest BCUT2D eigenvalue weighted by molar-refractivity contribution is 0.0986. The van der Waals surface area contributed by atoms with Crippen molar-refractivity contribution >= 4 is 33.0 Å². The van der Waals surface area contributed by atoms with Crippen LogP contribution in [0, 0.1) is 0 Å². The zero-order chi connectivity index (χ0) is 10.4. The maximum Gasteiger partial charge on any atom is 0.174 e. The van der Waals surface area contributed by atoms with E-state index in [2.05, 4.69) is 28.2 Å². The number of carbonyl (C=O) groups is 1. The molecule has 4 heteroatoms. The van der Waals surface area contributed by atoms with Gasteiger partial charge in [0.1, 0.15) is 0 Å². The molecule has 15 heavy (non-hydrogen) atoms. The third kappa shape index (κ3) is 5.44. The normalized spacial score (nSPS) is 9.73. The Morgan fingerprint density at radius 3 is 2.73 bits per heavy atom. The topological polar surface area (TPSA) is 29.1 Å².